The van der Waals surface area contributed by atoms with Crippen LogP contribution in [-0.4, -0.2) is 27.0 Å². The molecule has 6 nitrogen and oxygen atoms in total. The van der Waals surface area contributed by atoms with Crippen LogP contribution in [-0.2, 0) is 0 Å². The average molecular weight is 416 g/mol. The summed E-state index contributed by atoms with van der Waals surface area (Å²) in [5.41, 5.74) is 1.64. The van der Waals surface area contributed by atoms with Crippen LogP contribution in [0, 0.1) is 0 Å². The summed E-state index contributed by atoms with van der Waals surface area (Å²) in [4.78, 5) is 34.3. The summed E-state index contributed by atoms with van der Waals surface area (Å²) >= 11 is 8.34. The fourth-order valence-electron chi connectivity index (χ4n) is 2.54. The Morgan fingerprint density at radius 2 is 1.85 bits per heavy atom. The number of hydrogen-bond donors (Lipinski definition) is 2. The zero-order valence-corrected chi connectivity index (χ0v) is 15.9. The number of aromatic nitrogens is 2. The Kier molecular flexibility index (Phi) is 4.61. The number of thiophene rings is 2. The van der Waals surface area contributed by atoms with Crippen LogP contribution in [0.15, 0.2) is 48.1 Å². The van der Waals surface area contributed by atoms with Crippen molar-refractivity contribution in [2.24, 2.45) is 0 Å². The summed E-state index contributed by atoms with van der Waals surface area (Å²) in [6.45, 7) is 0. The Morgan fingerprint density at radius 1 is 1.11 bits per heavy atom. The van der Waals surface area contributed by atoms with E-state index in [9.17, 15) is 14.7 Å². The first-order valence-electron chi connectivity index (χ1n) is 7.65. The van der Waals surface area contributed by atoms with Gasteiger partial charge in [0.15, 0.2) is 0 Å². The van der Waals surface area contributed by atoms with Gasteiger partial charge in [0, 0.05) is 22.8 Å². The second-order valence-corrected chi connectivity index (χ2v) is 7.82. The van der Waals surface area contributed by atoms with E-state index in [1.807, 2.05) is 0 Å². The van der Waals surface area contributed by atoms with Crippen LogP contribution in [0.4, 0.5) is 5.69 Å². The Morgan fingerprint density at radius 3 is 2.56 bits per heavy atom. The summed E-state index contributed by atoms with van der Waals surface area (Å²) in [5, 5.41) is 14.5. The van der Waals surface area contributed by atoms with Crippen molar-refractivity contribution < 1.29 is 14.7 Å². The van der Waals surface area contributed by atoms with Crippen LogP contribution < -0.4 is 5.32 Å². The van der Waals surface area contributed by atoms with Gasteiger partial charge in [0.2, 0.25) is 0 Å². The summed E-state index contributed by atoms with van der Waals surface area (Å²) in [6.07, 6.45) is 3.11. The molecular formula is C18H10ClN3O3S2. The van der Waals surface area contributed by atoms with Gasteiger partial charge in [0.05, 0.1) is 15.4 Å². The van der Waals surface area contributed by atoms with E-state index in [1.165, 1.54) is 22.7 Å². The molecule has 134 valence electrons. The van der Waals surface area contributed by atoms with E-state index < -0.39 is 11.9 Å². The quantitative estimate of drug-likeness (QED) is 0.488. The molecule has 27 heavy (non-hydrogen) atoms. The Hall–Kier alpha value is -2.81. The molecule has 0 bridgehead atoms. The second-order valence-electron chi connectivity index (χ2n) is 5.48. The van der Waals surface area contributed by atoms with Gasteiger partial charge in [-0.15, -0.1) is 22.7 Å². The minimum atomic E-state index is -1.11. The van der Waals surface area contributed by atoms with Gasteiger partial charge in [-0.05, 0) is 23.8 Å². The Balaban J connectivity index is 1.68. The number of carbonyl (C=O) groups is 2. The monoisotopic (exact) mass is 415 g/mol. The summed E-state index contributed by atoms with van der Waals surface area (Å²) in [5.74, 6) is -1.51. The highest BCUT2D eigenvalue weighted by molar-refractivity contribution is 7.20. The number of anilines is 1. The molecule has 4 rings (SSSR count). The van der Waals surface area contributed by atoms with Crippen LogP contribution in [0.25, 0.3) is 20.8 Å². The van der Waals surface area contributed by atoms with Crippen molar-refractivity contribution in [3.05, 3.63) is 63.6 Å². The van der Waals surface area contributed by atoms with Crippen molar-refractivity contribution in [2.75, 3.05) is 5.32 Å². The van der Waals surface area contributed by atoms with Crippen molar-refractivity contribution in [1.29, 1.82) is 0 Å². The topological polar surface area (TPSA) is 92.2 Å². The van der Waals surface area contributed by atoms with Crippen LogP contribution in [0.3, 0.4) is 0 Å². The van der Waals surface area contributed by atoms with Crippen LogP contribution in [0.1, 0.15) is 20.0 Å². The minimum Gasteiger partial charge on any atom is -0.478 e. The van der Waals surface area contributed by atoms with E-state index in [0.29, 0.717) is 25.1 Å². The van der Waals surface area contributed by atoms with E-state index in [4.69, 9.17) is 11.6 Å². The molecule has 0 spiro atoms. The van der Waals surface area contributed by atoms with Crippen molar-refractivity contribution >= 4 is 62.2 Å². The third kappa shape index (κ3) is 3.42. The molecule has 0 saturated heterocycles. The SMILES string of the molecule is O=C(Nc1csc(-c2ccc(Cl)cc2)c1C(=O)O)c1cc2nccnc2s1. The lowest BCUT2D eigenvalue weighted by atomic mass is 10.1. The Labute approximate surface area is 166 Å². The van der Waals surface area contributed by atoms with Gasteiger partial charge in [0.1, 0.15) is 15.9 Å². The third-order valence-electron chi connectivity index (χ3n) is 3.75. The lowest BCUT2D eigenvalue weighted by molar-refractivity contribution is 0.0699. The normalized spacial score (nSPS) is 10.9. The molecule has 2 N–H and O–H groups in total. The molecule has 0 aliphatic heterocycles. The lowest BCUT2D eigenvalue weighted by Crippen LogP contribution is -2.12. The third-order valence-corrected chi connectivity index (χ3v) is 6.06. The molecular weight excluding hydrogens is 406 g/mol. The molecule has 3 aromatic heterocycles. The van der Waals surface area contributed by atoms with Gasteiger partial charge in [-0.1, -0.05) is 23.7 Å². The van der Waals surface area contributed by atoms with Gasteiger partial charge in [-0.2, -0.15) is 0 Å². The van der Waals surface area contributed by atoms with Crippen LogP contribution in [0.2, 0.25) is 5.02 Å². The molecule has 0 fully saturated rings. The number of halogens is 1. The molecule has 4 aromatic rings. The second kappa shape index (κ2) is 7.07. The van der Waals surface area contributed by atoms with Crippen molar-refractivity contribution in [1.82, 2.24) is 9.97 Å². The van der Waals surface area contributed by atoms with E-state index in [0.717, 1.165) is 5.56 Å². The van der Waals surface area contributed by atoms with Gasteiger partial charge < -0.3 is 10.4 Å². The molecule has 0 saturated carbocycles. The molecule has 0 aliphatic carbocycles. The standard InChI is InChI=1S/C18H10ClN3O3S2/c19-10-3-1-9(2-4-10)15-14(18(24)25)12(8-26-15)22-16(23)13-7-11-17(27-13)21-6-5-20-11/h1-8H,(H,22,23)(H,24,25). The van der Waals surface area contributed by atoms with Crippen LogP contribution >= 0.6 is 34.3 Å². The Bertz CT molecular complexity index is 1140. The zero-order valence-electron chi connectivity index (χ0n) is 13.5. The average Bonchev–Trinajstić information content (AvgIpc) is 3.26. The maximum atomic E-state index is 12.6. The molecule has 9 heteroatoms. The van der Waals surface area contributed by atoms with E-state index in [2.05, 4.69) is 15.3 Å². The number of carbonyl (C=O) groups excluding carboxylic acids is 1. The van der Waals surface area contributed by atoms with Gasteiger partial charge in [0.25, 0.3) is 5.91 Å². The number of benzene rings is 1. The first kappa shape index (κ1) is 17.6. The highest BCUT2D eigenvalue weighted by atomic mass is 35.5. The predicted octanol–water partition coefficient (Wildman–Crippen LogP) is 5.02. The first-order valence-corrected chi connectivity index (χ1v) is 9.73. The minimum absolute atomic E-state index is 0.0491. The number of nitrogens with one attached hydrogen (secondary N) is 1. The lowest BCUT2D eigenvalue weighted by Gasteiger charge is -2.05. The molecule has 1 amide bonds. The molecule has 3 heterocycles. The fraction of sp³-hybridized carbons (Fsp3) is 0. The number of carboxylic acids is 1. The predicted molar refractivity (Wildman–Crippen MR) is 107 cm³/mol. The fourth-order valence-corrected chi connectivity index (χ4v) is 4.52. The van der Waals surface area contributed by atoms with Gasteiger partial charge in [-0.25, -0.2) is 9.78 Å². The van der Waals surface area contributed by atoms with E-state index >= 15 is 0 Å². The molecule has 0 aliphatic rings. The smallest absolute Gasteiger partial charge is 0.339 e. The number of aromatic carboxylic acids is 1. The molecule has 0 unspecified atom stereocenters. The van der Waals surface area contributed by atoms with E-state index in [1.54, 1.807) is 48.1 Å². The number of hydrogen-bond acceptors (Lipinski definition) is 6. The molecule has 0 radical (unpaired) electrons. The van der Waals surface area contributed by atoms with Crippen molar-refractivity contribution in [2.45, 2.75) is 0 Å². The maximum absolute atomic E-state index is 12.6. The van der Waals surface area contributed by atoms with Gasteiger partial charge in [-0.3, -0.25) is 9.78 Å². The van der Waals surface area contributed by atoms with E-state index in [-0.39, 0.29) is 11.3 Å². The van der Waals surface area contributed by atoms with Crippen LogP contribution in [0.5, 0.6) is 0 Å². The number of fused-ring (bicyclic) bond motifs is 1. The molecule has 0 atom stereocenters. The largest absolute Gasteiger partial charge is 0.478 e. The maximum Gasteiger partial charge on any atom is 0.339 e. The zero-order chi connectivity index (χ0) is 19.0. The summed E-state index contributed by atoms with van der Waals surface area (Å²) in [6, 6.07) is 8.51. The molecule has 1 aromatic carbocycles. The van der Waals surface area contributed by atoms with Crippen molar-refractivity contribution in [3.8, 4) is 10.4 Å². The highest BCUT2D eigenvalue weighted by Gasteiger charge is 2.22. The van der Waals surface area contributed by atoms with Crippen molar-refractivity contribution in [3.63, 3.8) is 0 Å². The summed E-state index contributed by atoms with van der Waals surface area (Å²) < 4.78 is 0. The number of rotatable bonds is 4. The van der Waals surface area contributed by atoms with Gasteiger partial charge >= 0.3 is 5.97 Å². The number of carboxylic acid groups (broad SMARTS) is 1. The number of nitrogens with zero attached hydrogens (tertiary/aromatic N) is 2. The highest BCUT2D eigenvalue weighted by Crippen LogP contribution is 2.37. The first-order chi connectivity index (χ1) is 13.0. The number of amides is 1. The summed E-state index contributed by atoms with van der Waals surface area (Å²) in [7, 11) is 0.